The standard InChI is InChI=1S/C20H21FN4O/c1-2-14(22)12-24-19-9-10-23-20(25-19)16-11-13(7-8-18(16)26)15-5-3-4-6-17(15)21/h3-11,14,26H,2,12,22H2,1H3,(H,23,24,25). The van der Waals surface area contributed by atoms with E-state index in [1.165, 1.54) is 12.1 Å². The van der Waals surface area contributed by atoms with E-state index in [-0.39, 0.29) is 17.6 Å². The lowest BCUT2D eigenvalue weighted by Crippen LogP contribution is -2.28. The lowest BCUT2D eigenvalue weighted by Gasteiger charge is -2.12. The molecule has 0 saturated carbocycles. The van der Waals surface area contributed by atoms with Crippen LogP contribution in [0.3, 0.4) is 0 Å². The predicted octanol–water partition coefficient (Wildman–Crippen LogP) is 3.80. The number of aromatic hydroxyl groups is 1. The number of nitrogens with zero attached hydrogens (tertiary/aromatic N) is 2. The second kappa shape index (κ2) is 7.93. The summed E-state index contributed by atoms with van der Waals surface area (Å²) in [6.07, 6.45) is 2.47. The summed E-state index contributed by atoms with van der Waals surface area (Å²) in [5.41, 5.74) is 7.45. The van der Waals surface area contributed by atoms with E-state index in [1.807, 2.05) is 6.92 Å². The molecular weight excluding hydrogens is 331 g/mol. The van der Waals surface area contributed by atoms with Crippen molar-refractivity contribution in [1.29, 1.82) is 0 Å². The van der Waals surface area contributed by atoms with Gasteiger partial charge in [0.05, 0.1) is 5.56 Å². The van der Waals surface area contributed by atoms with Gasteiger partial charge in [-0.05, 0) is 36.2 Å². The van der Waals surface area contributed by atoms with Crippen molar-refractivity contribution >= 4 is 5.82 Å². The molecule has 0 aliphatic carbocycles. The second-order valence-corrected chi connectivity index (χ2v) is 6.03. The zero-order valence-electron chi connectivity index (χ0n) is 14.5. The van der Waals surface area contributed by atoms with Crippen LogP contribution in [0, 0.1) is 5.82 Å². The van der Waals surface area contributed by atoms with Crippen LogP contribution in [0.5, 0.6) is 5.75 Å². The van der Waals surface area contributed by atoms with Gasteiger partial charge in [0.1, 0.15) is 17.4 Å². The first-order chi connectivity index (χ1) is 12.6. The number of aromatic nitrogens is 2. The minimum absolute atomic E-state index is 0.0335. The molecule has 3 aromatic rings. The number of hydrogen-bond acceptors (Lipinski definition) is 5. The Labute approximate surface area is 151 Å². The van der Waals surface area contributed by atoms with E-state index in [2.05, 4.69) is 15.3 Å². The molecule has 0 aliphatic rings. The molecule has 1 heterocycles. The minimum atomic E-state index is -0.325. The maximum Gasteiger partial charge on any atom is 0.165 e. The first-order valence-electron chi connectivity index (χ1n) is 8.49. The average Bonchev–Trinajstić information content (AvgIpc) is 2.67. The summed E-state index contributed by atoms with van der Waals surface area (Å²) in [5, 5.41) is 13.4. The number of benzene rings is 2. The fourth-order valence-electron chi connectivity index (χ4n) is 2.54. The van der Waals surface area contributed by atoms with Gasteiger partial charge in [-0.25, -0.2) is 14.4 Å². The van der Waals surface area contributed by atoms with Crippen molar-refractivity contribution in [3.05, 3.63) is 60.5 Å². The third kappa shape index (κ3) is 3.97. The Balaban J connectivity index is 1.94. The topological polar surface area (TPSA) is 84.1 Å². The van der Waals surface area contributed by atoms with E-state index in [0.717, 1.165) is 6.42 Å². The summed E-state index contributed by atoms with van der Waals surface area (Å²) < 4.78 is 14.1. The van der Waals surface area contributed by atoms with Crippen LogP contribution in [0.1, 0.15) is 13.3 Å². The molecule has 0 bridgehead atoms. The van der Waals surface area contributed by atoms with Gasteiger partial charge in [-0.2, -0.15) is 0 Å². The molecule has 1 aromatic heterocycles. The molecule has 5 nitrogen and oxygen atoms in total. The summed E-state index contributed by atoms with van der Waals surface area (Å²) in [6.45, 7) is 2.61. The molecule has 0 radical (unpaired) electrons. The van der Waals surface area contributed by atoms with Gasteiger partial charge >= 0.3 is 0 Å². The molecule has 0 fully saturated rings. The van der Waals surface area contributed by atoms with Gasteiger partial charge in [0, 0.05) is 24.3 Å². The third-order valence-electron chi connectivity index (χ3n) is 4.15. The SMILES string of the molecule is CCC(N)CNc1ccnc(-c2cc(-c3ccccc3F)ccc2O)n1. The summed E-state index contributed by atoms with van der Waals surface area (Å²) in [4.78, 5) is 8.67. The number of nitrogens with two attached hydrogens (primary N) is 1. The van der Waals surface area contributed by atoms with Crippen molar-refractivity contribution in [2.45, 2.75) is 19.4 Å². The summed E-state index contributed by atoms with van der Waals surface area (Å²) in [5.74, 6) is 0.687. The maximum absolute atomic E-state index is 14.1. The van der Waals surface area contributed by atoms with Crippen molar-refractivity contribution in [2.75, 3.05) is 11.9 Å². The van der Waals surface area contributed by atoms with Gasteiger partial charge in [0.25, 0.3) is 0 Å². The van der Waals surface area contributed by atoms with Crippen molar-refractivity contribution in [1.82, 2.24) is 9.97 Å². The fraction of sp³-hybridized carbons (Fsp3) is 0.200. The highest BCUT2D eigenvalue weighted by atomic mass is 19.1. The largest absolute Gasteiger partial charge is 0.507 e. The highest BCUT2D eigenvalue weighted by molar-refractivity contribution is 5.75. The number of rotatable bonds is 6. The van der Waals surface area contributed by atoms with E-state index in [1.54, 1.807) is 42.6 Å². The summed E-state index contributed by atoms with van der Waals surface area (Å²) in [6, 6.07) is 13.1. The van der Waals surface area contributed by atoms with Crippen LogP contribution in [0.4, 0.5) is 10.2 Å². The van der Waals surface area contributed by atoms with Crippen LogP contribution in [0.15, 0.2) is 54.7 Å². The Morgan fingerprint density at radius 2 is 1.96 bits per heavy atom. The lowest BCUT2D eigenvalue weighted by molar-refractivity contribution is 0.477. The Morgan fingerprint density at radius 3 is 2.73 bits per heavy atom. The Bertz CT molecular complexity index is 900. The molecule has 2 aromatic carbocycles. The smallest absolute Gasteiger partial charge is 0.165 e. The van der Waals surface area contributed by atoms with Gasteiger partial charge < -0.3 is 16.2 Å². The van der Waals surface area contributed by atoms with Crippen molar-refractivity contribution < 1.29 is 9.50 Å². The zero-order valence-corrected chi connectivity index (χ0v) is 14.5. The Hall–Kier alpha value is -2.99. The molecule has 6 heteroatoms. The van der Waals surface area contributed by atoms with E-state index in [4.69, 9.17) is 5.73 Å². The highest BCUT2D eigenvalue weighted by Gasteiger charge is 2.12. The molecule has 26 heavy (non-hydrogen) atoms. The maximum atomic E-state index is 14.1. The van der Waals surface area contributed by atoms with Crippen LogP contribution in [-0.4, -0.2) is 27.7 Å². The molecule has 0 aliphatic heterocycles. The van der Waals surface area contributed by atoms with Gasteiger partial charge in [0.2, 0.25) is 0 Å². The molecule has 0 saturated heterocycles. The minimum Gasteiger partial charge on any atom is -0.507 e. The summed E-state index contributed by atoms with van der Waals surface area (Å²) >= 11 is 0. The normalized spacial score (nSPS) is 12.0. The van der Waals surface area contributed by atoms with Gasteiger partial charge in [0.15, 0.2) is 5.82 Å². The quantitative estimate of drug-likeness (QED) is 0.628. The molecular formula is C20H21FN4O. The fourth-order valence-corrected chi connectivity index (χ4v) is 2.54. The predicted molar refractivity (Wildman–Crippen MR) is 101 cm³/mol. The van der Waals surface area contributed by atoms with Crippen LogP contribution >= 0.6 is 0 Å². The first kappa shape index (κ1) is 17.8. The van der Waals surface area contributed by atoms with Crippen molar-refractivity contribution in [2.24, 2.45) is 5.73 Å². The van der Waals surface area contributed by atoms with Crippen LogP contribution < -0.4 is 11.1 Å². The van der Waals surface area contributed by atoms with Gasteiger partial charge in [-0.3, -0.25) is 0 Å². The number of anilines is 1. The van der Waals surface area contributed by atoms with E-state index >= 15 is 0 Å². The number of phenolic OH excluding ortho intramolecular Hbond substituents is 1. The van der Waals surface area contributed by atoms with Crippen LogP contribution in [0.25, 0.3) is 22.5 Å². The van der Waals surface area contributed by atoms with E-state index in [9.17, 15) is 9.50 Å². The molecule has 0 spiro atoms. The van der Waals surface area contributed by atoms with Gasteiger partial charge in [-0.1, -0.05) is 31.2 Å². The molecule has 4 N–H and O–H groups in total. The monoisotopic (exact) mass is 352 g/mol. The molecule has 3 rings (SSSR count). The molecule has 1 unspecified atom stereocenters. The molecule has 0 amide bonds. The third-order valence-corrected chi connectivity index (χ3v) is 4.15. The number of phenols is 1. The number of halogens is 1. The van der Waals surface area contributed by atoms with E-state index < -0.39 is 0 Å². The Kier molecular flexibility index (Phi) is 5.43. The number of hydrogen-bond donors (Lipinski definition) is 3. The van der Waals surface area contributed by atoms with E-state index in [0.29, 0.717) is 34.9 Å². The molecule has 1 atom stereocenters. The van der Waals surface area contributed by atoms with Crippen molar-refractivity contribution in [3.63, 3.8) is 0 Å². The first-order valence-corrected chi connectivity index (χ1v) is 8.49. The van der Waals surface area contributed by atoms with Gasteiger partial charge in [-0.15, -0.1) is 0 Å². The van der Waals surface area contributed by atoms with Crippen LogP contribution in [-0.2, 0) is 0 Å². The van der Waals surface area contributed by atoms with Crippen LogP contribution in [0.2, 0.25) is 0 Å². The van der Waals surface area contributed by atoms with Crippen molar-refractivity contribution in [3.8, 4) is 28.3 Å². The average molecular weight is 352 g/mol. The highest BCUT2D eigenvalue weighted by Crippen LogP contribution is 2.33. The second-order valence-electron chi connectivity index (χ2n) is 6.03. The Morgan fingerprint density at radius 1 is 1.15 bits per heavy atom. The summed E-state index contributed by atoms with van der Waals surface area (Å²) in [7, 11) is 0. The zero-order chi connectivity index (χ0) is 18.5. The molecule has 134 valence electrons. The lowest BCUT2D eigenvalue weighted by atomic mass is 10.0. The number of nitrogens with one attached hydrogen (secondary N) is 1.